The SMILES string of the molecule is NCCc1ncc(C2CCCC2)cn1. The molecule has 14 heavy (non-hydrogen) atoms. The van der Waals surface area contributed by atoms with Crippen LogP contribution in [-0.4, -0.2) is 16.5 Å². The highest BCUT2D eigenvalue weighted by Crippen LogP contribution is 2.33. The van der Waals surface area contributed by atoms with Crippen molar-refractivity contribution < 1.29 is 0 Å². The van der Waals surface area contributed by atoms with E-state index in [9.17, 15) is 0 Å². The standard InChI is InChI=1S/C11H17N3/c12-6-5-11-13-7-10(8-14-11)9-3-1-2-4-9/h7-9H,1-6,12H2. The lowest BCUT2D eigenvalue weighted by atomic mass is 10.0. The van der Waals surface area contributed by atoms with Crippen molar-refractivity contribution in [3.8, 4) is 0 Å². The Morgan fingerprint density at radius 3 is 2.43 bits per heavy atom. The molecule has 0 atom stereocenters. The van der Waals surface area contributed by atoms with Crippen LogP contribution in [0.15, 0.2) is 12.4 Å². The third-order valence-corrected chi connectivity index (χ3v) is 2.92. The fraction of sp³-hybridized carbons (Fsp3) is 0.636. The Hall–Kier alpha value is -0.960. The van der Waals surface area contributed by atoms with Crippen molar-refractivity contribution in [1.29, 1.82) is 0 Å². The molecule has 0 aliphatic heterocycles. The molecule has 0 bridgehead atoms. The number of hydrogen-bond acceptors (Lipinski definition) is 3. The van der Waals surface area contributed by atoms with Gasteiger partial charge in [-0.1, -0.05) is 12.8 Å². The topological polar surface area (TPSA) is 51.8 Å². The molecule has 1 aromatic heterocycles. The zero-order valence-electron chi connectivity index (χ0n) is 8.45. The van der Waals surface area contributed by atoms with Crippen LogP contribution < -0.4 is 5.73 Å². The molecule has 3 nitrogen and oxygen atoms in total. The fourth-order valence-corrected chi connectivity index (χ4v) is 2.09. The van der Waals surface area contributed by atoms with Crippen LogP contribution in [0.3, 0.4) is 0 Å². The van der Waals surface area contributed by atoms with Gasteiger partial charge in [0.05, 0.1) is 0 Å². The largest absolute Gasteiger partial charge is 0.330 e. The van der Waals surface area contributed by atoms with Gasteiger partial charge in [0.1, 0.15) is 5.82 Å². The number of rotatable bonds is 3. The lowest BCUT2D eigenvalue weighted by molar-refractivity contribution is 0.707. The average Bonchev–Trinajstić information content (AvgIpc) is 2.72. The van der Waals surface area contributed by atoms with Crippen LogP contribution in [-0.2, 0) is 6.42 Å². The van der Waals surface area contributed by atoms with Crippen LogP contribution in [0.1, 0.15) is 43.0 Å². The Kier molecular flexibility index (Phi) is 3.09. The van der Waals surface area contributed by atoms with Gasteiger partial charge >= 0.3 is 0 Å². The first-order valence-electron chi connectivity index (χ1n) is 5.41. The van der Waals surface area contributed by atoms with E-state index < -0.39 is 0 Å². The van der Waals surface area contributed by atoms with Crippen molar-refractivity contribution in [2.45, 2.75) is 38.0 Å². The molecule has 1 aliphatic rings. The van der Waals surface area contributed by atoms with Crippen LogP contribution in [0.25, 0.3) is 0 Å². The molecule has 1 saturated carbocycles. The highest BCUT2D eigenvalue weighted by atomic mass is 14.9. The zero-order chi connectivity index (χ0) is 9.80. The van der Waals surface area contributed by atoms with E-state index in [4.69, 9.17) is 5.73 Å². The van der Waals surface area contributed by atoms with Gasteiger partial charge in [0.15, 0.2) is 0 Å². The smallest absolute Gasteiger partial charge is 0.129 e. The normalized spacial score (nSPS) is 17.5. The summed E-state index contributed by atoms with van der Waals surface area (Å²) < 4.78 is 0. The summed E-state index contributed by atoms with van der Waals surface area (Å²) in [7, 11) is 0. The number of nitrogens with two attached hydrogens (primary N) is 1. The molecule has 76 valence electrons. The van der Waals surface area contributed by atoms with E-state index in [1.807, 2.05) is 12.4 Å². The lowest BCUT2D eigenvalue weighted by Gasteiger charge is -2.08. The minimum atomic E-state index is 0.628. The second-order valence-corrected chi connectivity index (χ2v) is 3.95. The lowest BCUT2D eigenvalue weighted by Crippen LogP contribution is -2.07. The molecular weight excluding hydrogens is 174 g/mol. The molecular formula is C11H17N3. The van der Waals surface area contributed by atoms with Crippen molar-refractivity contribution in [3.63, 3.8) is 0 Å². The number of hydrogen-bond donors (Lipinski definition) is 1. The molecule has 1 aliphatic carbocycles. The maximum absolute atomic E-state index is 5.44. The molecule has 0 amide bonds. The molecule has 0 saturated heterocycles. The Morgan fingerprint density at radius 1 is 1.21 bits per heavy atom. The van der Waals surface area contributed by atoms with Crippen molar-refractivity contribution in [2.24, 2.45) is 5.73 Å². The second kappa shape index (κ2) is 4.51. The minimum absolute atomic E-state index is 0.628. The van der Waals surface area contributed by atoms with Crippen molar-refractivity contribution in [3.05, 3.63) is 23.8 Å². The molecule has 2 N–H and O–H groups in total. The van der Waals surface area contributed by atoms with E-state index in [0.29, 0.717) is 12.5 Å². The van der Waals surface area contributed by atoms with E-state index in [2.05, 4.69) is 9.97 Å². The molecule has 1 heterocycles. The molecule has 1 aromatic rings. The van der Waals surface area contributed by atoms with E-state index in [-0.39, 0.29) is 0 Å². The summed E-state index contributed by atoms with van der Waals surface area (Å²) in [6, 6.07) is 0. The van der Waals surface area contributed by atoms with Gasteiger partial charge in [-0.2, -0.15) is 0 Å². The van der Waals surface area contributed by atoms with Crippen molar-refractivity contribution in [2.75, 3.05) is 6.54 Å². The molecule has 0 aromatic carbocycles. The third kappa shape index (κ3) is 2.10. The summed E-state index contributed by atoms with van der Waals surface area (Å²) >= 11 is 0. The molecule has 3 heteroatoms. The average molecular weight is 191 g/mol. The van der Waals surface area contributed by atoms with E-state index >= 15 is 0 Å². The van der Waals surface area contributed by atoms with Crippen LogP contribution in [0.2, 0.25) is 0 Å². The van der Waals surface area contributed by atoms with Gasteiger partial charge in [0.2, 0.25) is 0 Å². The predicted octanol–water partition coefficient (Wildman–Crippen LogP) is 1.64. The highest BCUT2D eigenvalue weighted by Gasteiger charge is 2.17. The van der Waals surface area contributed by atoms with Crippen LogP contribution >= 0.6 is 0 Å². The summed E-state index contributed by atoms with van der Waals surface area (Å²) in [5.41, 5.74) is 6.75. The van der Waals surface area contributed by atoms with Crippen LogP contribution in [0.4, 0.5) is 0 Å². The quantitative estimate of drug-likeness (QED) is 0.790. The van der Waals surface area contributed by atoms with Crippen molar-refractivity contribution >= 4 is 0 Å². The van der Waals surface area contributed by atoms with Gasteiger partial charge in [0, 0.05) is 18.8 Å². The Morgan fingerprint density at radius 2 is 1.86 bits per heavy atom. The van der Waals surface area contributed by atoms with Gasteiger partial charge in [-0.05, 0) is 30.9 Å². The second-order valence-electron chi connectivity index (χ2n) is 3.95. The molecule has 0 radical (unpaired) electrons. The van der Waals surface area contributed by atoms with Gasteiger partial charge in [-0.15, -0.1) is 0 Å². The first-order chi connectivity index (χ1) is 6.90. The Labute approximate surface area is 84.8 Å². The predicted molar refractivity (Wildman–Crippen MR) is 56.0 cm³/mol. The summed E-state index contributed by atoms with van der Waals surface area (Å²) in [6.07, 6.45) is 10.1. The summed E-state index contributed by atoms with van der Waals surface area (Å²) in [4.78, 5) is 8.64. The Balaban J connectivity index is 2.05. The third-order valence-electron chi connectivity index (χ3n) is 2.92. The summed E-state index contributed by atoms with van der Waals surface area (Å²) in [6.45, 7) is 0.628. The fourth-order valence-electron chi connectivity index (χ4n) is 2.09. The first kappa shape index (κ1) is 9.59. The summed E-state index contributed by atoms with van der Waals surface area (Å²) in [5, 5.41) is 0. The van der Waals surface area contributed by atoms with Crippen LogP contribution in [0, 0.1) is 0 Å². The molecule has 0 unspecified atom stereocenters. The molecule has 2 rings (SSSR count). The monoisotopic (exact) mass is 191 g/mol. The van der Waals surface area contributed by atoms with E-state index in [1.165, 1.54) is 31.2 Å². The maximum atomic E-state index is 5.44. The van der Waals surface area contributed by atoms with Gasteiger partial charge < -0.3 is 5.73 Å². The van der Waals surface area contributed by atoms with E-state index in [1.54, 1.807) is 0 Å². The minimum Gasteiger partial charge on any atom is -0.330 e. The summed E-state index contributed by atoms with van der Waals surface area (Å²) in [5.74, 6) is 1.58. The van der Waals surface area contributed by atoms with Crippen molar-refractivity contribution in [1.82, 2.24) is 9.97 Å². The number of aromatic nitrogens is 2. The van der Waals surface area contributed by atoms with Crippen LogP contribution in [0.5, 0.6) is 0 Å². The zero-order valence-corrected chi connectivity index (χ0v) is 8.45. The molecule has 1 fully saturated rings. The Bertz CT molecular complexity index is 275. The number of nitrogens with zero attached hydrogens (tertiary/aromatic N) is 2. The van der Waals surface area contributed by atoms with Gasteiger partial charge in [0.25, 0.3) is 0 Å². The van der Waals surface area contributed by atoms with Gasteiger partial charge in [-0.3, -0.25) is 0 Å². The highest BCUT2D eigenvalue weighted by molar-refractivity contribution is 5.13. The van der Waals surface area contributed by atoms with E-state index in [0.717, 1.165) is 12.2 Å². The maximum Gasteiger partial charge on any atom is 0.129 e. The first-order valence-corrected chi connectivity index (χ1v) is 5.41. The van der Waals surface area contributed by atoms with Gasteiger partial charge in [-0.25, -0.2) is 9.97 Å². The molecule has 0 spiro atoms.